The normalized spacial score (nSPS) is 12.1. The molecule has 2 aromatic carbocycles. The van der Waals surface area contributed by atoms with Crippen LogP contribution in [0.25, 0.3) is 22.2 Å². The summed E-state index contributed by atoms with van der Waals surface area (Å²) in [5, 5.41) is 4.25. The predicted octanol–water partition coefficient (Wildman–Crippen LogP) is 3.66. The fourth-order valence-electron chi connectivity index (χ4n) is 2.87. The van der Waals surface area contributed by atoms with Gasteiger partial charge in [-0.3, -0.25) is 9.36 Å². The fraction of sp³-hybridized carbons (Fsp3) is 0.0588. The van der Waals surface area contributed by atoms with Crippen molar-refractivity contribution in [2.75, 3.05) is 0 Å². The minimum absolute atomic E-state index is 0.0494. The molecule has 0 amide bonds. The molecule has 0 bridgehead atoms. The molecule has 24 heavy (non-hydrogen) atoms. The number of rotatable bonds is 1. The lowest BCUT2D eigenvalue weighted by Gasteiger charge is -2.18. The number of halogens is 3. The van der Waals surface area contributed by atoms with Crippen molar-refractivity contribution in [3.63, 3.8) is 0 Å². The average Bonchev–Trinajstić information content (AvgIpc) is 3.04. The van der Waals surface area contributed by atoms with Gasteiger partial charge in [0, 0.05) is 6.07 Å². The fourth-order valence-corrected chi connectivity index (χ4v) is 2.87. The van der Waals surface area contributed by atoms with E-state index in [4.69, 9.17) is 0 Å². The quantitative estimate of drug-likeness (QED) is 0.535. The molecule has 120 valence electrons. The molecule has 2 aromatic heterocycles. The molecule has 4 nitrogen and oxygen atoms in total. The molecule has 4 aromatic rings. The highest BCUT2D eigenvalue weighted by molar-refractivity contribution is 5.83. The third kappa shape index (κ3) is 2.01. The first-order valence-corrected chi connectivity index (χ1v) is 7.12. The maximum atomic E-state index is 13.4. The Morgan fingerprint density at radius 2 is 1.62 bits per heavy atom. The van der Waals surface area contributed by atoms with Gasteiger partial charge in [-0.05, 0) is 24.3 Å². The van der Waals surface area contributed by atoms with E-state index in [1.165, 1.54) is 35.0 Å². The molecule has 4 rings (SSSR count). The second kappa shape index (κ2) is 4.95. The molecule has 0 aliphatic carbocycles. The van der Waals surface area contributed by atoms with E-state index in [2.05, 4.69) is 5.10 Å². The number of para-hydroxylation sites is 2. The Morgan fingerprint density at radius 3 is 2.42 bits per heavy atom. The summed E-state index contributed by atoms with van der Waals surface area (Å²) in [6.45, 7) is 0. The van der Waals surface area contributed by atoms with Crippen molar-refractivity contribution in [1.29, 1.82) is 0 Å². The van der Waals surface area contributed by atoms with E-state index in [-0.39, 0.29) is 16.9 Å². The van der Waals surface area contributed by atoms with Gasteiger partial charge >= 0.3 is 6.18 Å². The molecule has 0 aliphatic rings. The second-order valence-electron chi connectivity index (χ2n) is 5.27. The Hall–Kier alpha value is -3.09. The minimum Gasteiger partial charge on any atom is -0.293 e. The Balaban J connectivity index is 2.24. The van der Waals surface area contributed by atoms with E-state index in [1.54, 1.807) is 24.3 Å². The van der Waals surface area contributed by atoms with Crippen LogP contribution in [0.15, 0.2) is 65.6 Å². The van der Waals surface area contributed by atoms with Gasteiger partial charge in [0.05, 0.1) is 28.4 Å². The molecule has 7 heteroatoms. The van der Waals surface area contributed by atoms with Crippen LogP contribution in [0, 0.1) is 0 Å². The number of hydrogen-bond donors (Lipinski definition) is 0. The Morgan fingerprint density at radius 1 is 0.917 bits per heavy atom. The van der Waals surface area contributed by atoms with Gasteiger partial charge in [-0.1, -0.05) is 24.3 Å². The summed E-state index contributed by atoms with van der Waals surface area (Å²) in [4.78, 5) is 12.5. The predicted molar refractivity (Wildman–Crippen MR) is 83.3 cm³/mol. The summed E-state index contributed by atoms with van der Waals surface area (Å²) < 4.78 is 42.8. The molecule has 0 atom stereocenters. The Labute approximate surface area is 133 Å². The molecule has 0 radical (unpaired) electrons. The maximum Gasteiger partial charge on any atom is 0.418 e. The van der Waals surface area contributed by atoms with Crippen molar-refractivity contribution in [2.45, 2.75) is 6.18 Å². The molecule has 0 fully saturated rings. The first-order valence-electron chi connectivity index (χ1n) is 7.12. The summed E-state index contributed by atoms with van der Waals surface area (Å²) in [6, 6.07) is 13.3. The van der Waals surface area contributed by atoms with E-state index >= 15 is 0 Å². The number of aromatic nitrogens is 3. The number of hydrogen-bond acceptors (Lipinski definition) is 2. The smallest absolute Gasteiger partial charge is 0.293 e. The van der Waals surface area contributed by atoms with Gasteiger partial charge in [0.2, 0.25) is 0 Å². The van der Waals surface area contributed by atoms with E-state index in [1.807, 2.05) is 0 Å². The van der Waals surface area contributed by atoms with Crippen molar-refractivity contribution >= 4 is 16.6 Å². The molecule has 2 heterocycles. The van der Waals surface area contributed by atoms with Crippen LogP contribution in [0.2, 0.25) is 0 Å². The van der Waals surface area contributed by atoms with Crippen LogP contribution >= 0.6 is 0 Å². The van der Waals surface area contributed by atoms with Crippen molar-refractivity contribution in [1.82, 2.24) is 14.2 Å². The zero-order valence-corrected chi connectivity index (χ0v) is 12.2. The van der Waals surface area contributed by atoms with Crippen molar-refractivity contribution in [2.24, 2.45) is 0 Å². The first-order chi connectivity index (χ1) is 11.5. The maximum absolute atomic E-state index is 13.4. The van der Waals surface area contributed by atoms with Gasteiger partial charge in [-0.15, -0.1) is 0 Å². The number of fused-ring (bicyclic) bond motifs is 2. The summed E-state index contributed by atoms with van der Waals surface area (Å²) in [7, 11) is 0. The lowest BCUT2D eigenvalue weighted by Crippen LogP contribution is -2.20. The average molecular weight is 329 g/mol. The van der Waals surface area contributed by atoms with Crippen molar-refractivity contribution in [3.05, 3.63) is 76.7 Å². The molecule has 0 spiro atoms. The minimum atomic E-state index is -4.52. The molecular weight excluding hydrogens is 319 g/mol. The third-order valence-electron chi connectivity index (χ3n) is 3.87. The van der Waals surface area contributed by atoms with Gasteiger partial charge < -0.3 is 0 Å². The van der Waals surface area contributed by atoms with Crippen LogP contribution in [0.5, 0.6) is 0 Å². The zero-order valence-electron chi connectivity index (χ0n) is 12.2. The van der Waals surface area contributed by atoms with Crippen LogP contribution in [0.1, 0.15) is 5.56 Å². The highest BCUT2D eigenvalue weighted by atomic mass is 19.4. The van der Waals surface area contributed by atoms with E-state index in [9.17, 15) is 18.0 Å². The van der Waals surface area contributed by atoms with Gasteiger partial charge in [0.15, 0.2) is 0 Å². The van der Waals surface area contributed by atoms with Crippen LogP contribution in [0.4, 0.5) is 13.2 Å². The molecule has 0 aliphatic heterocycles. The molecule has 0 saturated heterocycles. The van der Waals surface area contributed by atoms with Gasteiger partial charge in [-0.25, -0.2) is 0 Å². The van der Waals surface area contributed by atoms with Crippen LogP contribution in [-0.4, -0.2) is 14.2 Å². The standard InChI is InChI=1S/C17H10F3N3O/c18-17(19,20)12-6-2-4-8-14(12)22-13-7-3-1-5-11(13)16(24)23-15(22)9-10-21-23/h1-10H. The largest absolute Gasteiger partial charge is 0.418 e. The number of alkyl halides is 3. The SMILES string of the molecule is O=c1c2ccccc2n(-c2ccccc2C(F)(F)F)c2ccnn12. The summed E-state index contributed by atoms with van der Waals surface area (Å²) in [5.74, 6) is 0. The van der Waals surface area contributed by atoms with E-state index in [0.29, 0.717) is 10.9 Å². The Kier molecular flexibility index (Phi) is 2.99. The monoisotopic (exact) mass is 329 g/mol. The lowest BCUT2D eigenvalue weighted by molar-refractivity contribution is -0.137. The number of benzene rings is 2. The molecule has 0 saturated carbocycles. The van der Waals surface area contributed by atoms with Gasteiger partial charge in [-0.2, -0.15) is 22.8 Å². The summed E-state index contributed by atoms with van der Waals surface area (Å²) in [5.41, 5.74) is -0.525. The first kappa shape index (κ1) is 14.5. The van der Waals surface area contributed by atoms with Crippen LogP contribution < -0.4 is 5.56 Å². The van der Waals surface area contributed by atoms with Crippen molar-refractivity contribution in [3.8, 4) is 5.69 Å². The Bertz CT molecular complexity index is 1130. The van der Waals surface area contributed by atoms with E-state index in [0.717, 1.165) is 10.6 Å². The number of nitrogens with zero attached hydrogens (tertiary/aromatic N) is 3. The second-order valence-corrected chi connectivity index (χ2v) is 5.27. The van der Waals surface area contributed by atoms with Crippen molar-refractivity contribution < 1.29 is 13.2 Å². The van der Waals surface area contributed by atoms with Crippen LogP contribution in [0.3, 0.4) is 0 Å². The summed E-state index contributed by atoms with van der Waals surface area (Å²) in [6.07, 6.45) is -3.12. The highest BCUT2D eigenvalue weighted by Gasteiger charge is 2.34. The topological polar surface area (TPSA) is 39.3 Å². The lowest BCUT2D eigenvalue weighted by atomic mass is 10.1. The molecule has 0 unspecified atom stereocenters. The summed E-state index contributed by atoms with van der Waals surface area (Å²) >= 11 is 0. The third-order valence-corrected chi connectivity index (χ3v) is 3.87. The molecule has 0 N–H and O–H groups in total. The van der Waals surface area contributed by atoms with E-state index < -0.39 is 11.7 Å². The molecular formula is C17H10F3N3O. The highest BCUT2D eigenvalue weighted by Crippen LogP contribution is 2.35. The van der Waals surface area contributed by atoms with Crippen LogP contribution in [-0.2, 0) is 6.18 Å². The zero-order chi connectivity index (χ0) is 16.9. The van der Waals surface area contributed by atoms with Gasteiger partial charge in [0.1, 0.15) is 5.65 Å². The van der Waals surface area contributed by atoms with Gasteiger partial charge in [0.25, 0.3) is 5.56 Å².